The molecule has 6 nitrogen and oxygen atoms in total. The van der Waals surface area contributed by atoms with Crippen molar-refractivity contribution in [1.29, 1.82) is 0 Å². The predicted octanol–water partition coefficient (Wildman–Crippen LogP) is 4.82. The van der Waals surface area contributed by atoms with Crippen molar-refractivity contribution in [3.05, 3.63) is 89.7 Å². The zero-order chi connectivity index (χ0) is 24.8. The van der Waals surface area contributed by atoms with E-state index in [-0.39, 0.29) is 17.2 Å². The van der Waals surface area contributed by atoms with Gasteiger partial charge in [-0.1, -0.05) is 24.3 Å². The first-order valence-electron chi connectivity index (χ1n) is 11.8. The van der Waals surface area contributed by atoms with Gasteiger partial charge in [0, 0.05) is 38.1 Å². The van der Waals surface area contributed by atoms with E-state index in [1.807, 2.05) is 0 Å². The van der Waals surface area contributed by atoms with Crippen molar-refractivity contribution in [3.8, 4) is 0 Å². The fourth-order valence-electron chi connectivity index (χ4n) is 4.15. The van der Waals surface area contributed by atoms with Gasteiger partial charge in [-0.25, -0.2) is 12.8 Å². The normalized spacial score (nSPS) is 13.9. The van der Waals surface area contributed by atoms with Crippen LogP contribution in [0.4, 0.5) is 15.8 Å². The Morgan fingerprint density at radius 3 is 2.11 bits per heavy atom. The fourth-order valence-corrected chi connectivity index (χ4v) is 5.21. The highest BCUT2D eigenvalue weighted by molar-refractivity contribution is 7.92. The van der Waals surface area contributed by atoms with Crippen molar-refractivity contribution in [2.75, 3.05) is 29.8 Å². The van der Waals surface area contributed by atoms with E-state index in [9.17, 15) is 17.6 Å². The molecule has 0 bridgehead atoms. The van der Waals surface area contributed by atoms with Crippen LogP contribution in [0.2, 0.25) is 0 Å². The molecule has 0 unspecified atom stereocenters. The molecule has 1 heterocycles. The lowest BCUT2D eigenvalue weighted by molar-refractivity contribution is -0.129. The Hall–Kier alpha value is -3.39. The lowest BCUT2D eigenvalue weighted by atomic mass is 10.1. The Kier molecular flexibility index (Phi) is 7.70. The summed E-state index contributed by atoms with van der Waals surface area (Å²) in [5, 5.41) is 0. The van der Waals surface area contributed by atoms with Crippen LogP contribution in [0.15, 0.2) is 77.7 Å². The second-order valence-electron chi connectivity index (χ2n) is 8.90. The van der Waals surface area contributed by atoms with Gasteiger partial charge < -0.3 is 9.80 Å². The summed E-state index contributed by atoms with van der Waals surface area (Å²) in [6.45, 7) is 2.73. The van der Waals surface area contributed by atoms with E-state index in [4.69, 9.17) is 0 Å². The number of piperidine rings is 1. The highest BCUT2D eigenvalue weighted by atomic mass is 32.2. The fraction of sp³-hybridized carbons (Fsp3) is 0.296. The first kappa shape index (κ1) is 24.7. The number of hydrogen-bond donors (Lipinski definition) is 1. The van der Waals surface area contributed by atoms with Gasteiger partial charge in [0.1, 0.15) is 5.82 Å². The summed E-state index contributed by atoms with van der Waals surface area (Å²) in [5.74, 6) is -0.526. The molecule has 0 spiro atoms. The van der Waals surface area contributed by atoms with Crippen molar-refractivity contribution < 1.29 is 17.6 Å². The molecule has 1 saturated heterocycles. The van der Waals surface area contributed by atoms with Crippen LogP contribution in [0.5, 0.6) is 0 Å². The molecule has 0 atom stereocenters. The van der Waals surface area contributed by atoms with Crippen LogP contribution >= 0.6 is 0 Å². The Morgan fingerprint density at radius 1 is 0.886 bits per heavy atom. The predicted molar refractivity (Wildman–Crippen MR) is 136 cm³/mol. The molecule has 8 heteroatoms. The summed E-state index contributed by atoms with van der Waals surface area (Å²) < 4.78 is 40.4. The minimum Gasteiger partial charge on any atom is -0.372 e. The van der Waals surface area contributed by atoms with Gasteiger partial charge in [-0.3, -0.25) is 9.52 Å². The molecule has 0 aromatic heterocycles. The molecule has 184 valence electrons. The van der Waals surface area contributed by atoms with Gasteiger partial charge in [0.15, 0.2) is 0 Å². The van der Waals surface area contributed by atoms with Gasteiger partial charge in [-0.15, -0.1) is 0 Å². The van der Waals surface area contributed by atoms with Gasteiger partial charge in [0.2, 0.25) is 5.91 Å². The Balaban J connectivity index is 1.31. The third-order valence-electron chi connectivity index (χ3n) is 6.19. The highest BCUT2D eigenvalue weighted by Gasteiger charge is 2.15. The van der Waals surface area contributed by atoms with Crippen molar-refractivity contribution in [2.24, 2.45) is 0 Å². The molecular formula is C27H30FN3O3S. The highest BCUT2D eigenvalue weighted by Crippen LogP contribution is 2.21. The van der Waals surface area contributed by atoms with Crippen LogP contribution in [-0.4, -0.2) is 39.4 Å². The number of carbonyl (C=O) groups is 1. The number of nitrogens with zero attached hydrogens (tertiary/aromatic N) is 2. The summed E-state index contributed by atoms with van der Waals surface area (Å²) in [4.78, 5) is 16.8. The zero-order valence-electron chi connectivity index (χ0n) is 19.8. The van der Waals surface area contributed by atoms with Gasteiger partial charge in [0.05, 0.1) is 11.3 Å². The quantitative estimate of drug-likeness (QED) is 0.487. The first-order chi connectivity index (χ1) is 16.8. The molecule has 0 aliphatic carbocycles. The van der Waals surface area contributed by atoms with Crippen LogP contribution in [0.25, 0.3) is 0 Å². The number of amides is 1. The van der Waals surface area contributed by atoms with Crippen LogP contribution in [0.1, 0.15) is 30.4 Å². The van der Waals surface area contributed by atoms with Crippen molar-refractivity contribution in [1.82, 2.24) is 4.90 Å². The van der Waals surface area contributed by atoms with E-state index in [2.05, 4.69) is 33.9 Å². The molecule has 3 aromatic carbocycles. The van der Waals surface area contributed by atoms with Gasteiger partial charge in [-0.05, 0) is 78.9 Å². The van der Waals surface area contributed by atoms with E-state index in [0.29, 0.717) is 12.2 Å². The molecule has 1 aliphatic rings. The smallest absolute Gasteiger partial charge is 0.261 e. The Bertz CT molecular complexity index is 1240. The second-order valence-corrected chi connectivity index (χ2v) is 10.6. The van der Waals surface area contributed by atoms with Gasteiger partial charge in [-0.2, -0.15) is 0 Å². The zero-order valence-corrected chi connectivity index (χ0v) is 20.6. The number of halogens is 1. The number of anilines is 2. The first-order valence-corrected chi connectivity index (χ1v) is 13.2. The SMILES string of the molecule is CN(Cc1ccc(N2CCCCC2)cc1)C(=O)Cc1ccc(NS(=O)(=O)c2ccc(F)cc2)cc1. The average molecular weight is 496 g/mol. The molecule has 1 aliphatic heterocycles. The Labute approximate surface area is 206 Å². The van der Waals surface area contributed by atoms with E-state index in [1.54, 1.807) is 36.2 Å². The summed E-state index contributed by atoms with van der Waals surface area (Å²) in [6, 6.07) is 19.7. The second kappa shape index (κ2) is 10.9. The van der Waals surface area contributed by atoms with Gasteiger partial charge in [0.25, 0.3) is 10.0 Å². The largest absolute Gasteiger partial charge is 0.372 e. The minimum absolute atomic E-state index is 0.0234. The lowest BCUT2D eigenvalue weighted by Crippen LogP contribution is -2.29. The average Bonchev–Trinajstić information content (AvgIpc) is 2.86. The Morgan fingerprint density at radius 2 is 1.49 bits per heavy atom. The molecule has 1 amide bonds. The standard InChI is InChI=1S/C27H30FN3O3S/c1-30(20-22-7-13-25(14-8-22)31-17-3-2-4-18-31)27(32)19-21-5-11-24(12-6-21)29-35(33,34)26-15-9-23(28)10-16-26/h5-16,29H,2-4,17-20H2,1H3. The maximum Gasteiger partial charge on any atom is 0.261 e. The van der Waals surface area contributed by atoms with E-state index < -0.39 is 15.8 Å². The third kappa shape index (κ3) is 6.60. The van der Waals surface area contributed by atoms with Crippen LogP contribution in [-0.2, 0) is 27.8 Å². The molecule has 35 heavy (non-hydrogen) atoms. The van der Waals surface area contributed by atoms with Gasteiger partial charge >= 0.3 is 0 Å². The molecule has 0 radical (unpaired) electrons. The number of benzene rings is 3. The third-order valence-corrected chi connectivity index (χ3v) is 7.59. The molecule has 4 rings (SSSR count). The number of rotatable bonds is 8. The van der Waals surface area contributed by atoms with Crippen molar-refractivity contribution in [3.63, 3.8) is 0 Å². The maximum atomic E-state index is 13.1. The van der Waals surface area contributed by atoms with E-state index >= 15 is 0 Å². The van der Waals surface area contributed by atoms with E-state index in [1.165, 1.54) is 37.1 Å². The number of carbonyl (C=O) groups excluding carboxylic acids is 1. The summed E-state index contributed by atoms with van der Waals surface area (Å²) in [5.41, 5.74) is 3.46. The van der Waals surface area contributed by atoms with Crippen molar-refractivity contribution >= 4 is 27.3 Å². The number of sulfonamides is 1. The number of likely N-dealkylation sites (N-methyl/N-ethyl adjacent to an activating group) is 1. The lowest BCUT2D eigenvalue weighted by Gasteiger charge is -2.29. The monoisotopic (exact) mass is 495 g/mol. The number of hydrogen-bond acceptors (Lipinski definition) is 4. The van der Waals surface area contributed by atoms with Crippen LogP contribution < -0.4 is 9.62 Å². The summed E-state index contributed by atoms with van der Waals surface area (Å²) in [6.07, 6.45) is 3.99. The molecule has 3 aromatic rings. The van der Waals surface area contributed by atoms with Crippen LogP contribution in [0.3, 0.4) is 0 Å². The summed E-state index contributed by atoms with van der Waals surface area (Å²) in [7, 11) is -2.04. The summed E-state index contributed by atoms with van der Waals surface area (Å²) >= 11 is 0. The van der Waals surface area contributed by atoms with E-state index in [0.717, 1.165) is 36.3 Å². The molecular weight excluding hydrogens is 465 g/mol. The number of nitrogens with one attached hydrogen (secondary N) is 1. The topological polar surface area (TPSA) is 69.7 Å². The molecule has 0 saturated carbocycles. The minimum atomic E-state index is -3.82. The molecule has 1 N–H and O–H groups in total. The van der Waals surface area contributed by atoms with Crippen LogP contribution in [0, 0.1) is 5.82 Å². The molecule has 1 fully saturated rings. The maximum absolute atomic E-state index is 13.1. The van der Waals surface area contributed by atoms with Crippen molar-refractivity contribution in [2.45, 2.75) is 37.1 Å².